The molecule has 5 heteroatoms. The third-order valence-corrected chi connectivity index (χ3v) is 6.08. The number of carbonyl (C=O) groups is 1. The van der Waals surface area contributed by atoms with Gasteiger partial charge in [0, 0.05) is 18.0 Å². The van der Waals surface area contributed by atoms with Gasteiger partial charge in [-0.15, -0.1) is 0 Å². The Bertz CT molecular complexity index is 581. The Kier molecular flexibility index (Phi) is 17.9. The number of ether oxygens (including phenoxy) is 1. The van der Waals surface area contributed by atoms with E-state index in [0.29, 0.717) is 35.2 Å². The number of hydrogen-bond donors (Lipinski definition) is 1. The van der Waals surface area contributed by atoms with Crippen molar-refractivity contribution in [3.8, 4) is 5.75 Å². The van der Waals surface area contributed by atoms with Crippen LogP contribution in [-0.4, -0.2) is 19.1 Å². The zero-order chi connectivity index (χ0) is 22.6. The first-order valence-electron chi connectivity index (χ1n) is 12.5. The van der Waals surface area contributed by atoms with Crippen molar-refractivity contribution in [3.05, 3.63) is 28.2 Å². The maximum absolute atomic E-state index is 11.9. The summed E-state index contributed by atoms with van der Waals surface area (Å²) >= 11 is 11.9. The van der Waals surface area contributed by atoms with Crippen LogP contribution >= 0.6 is 23.2 Å². The van der Waals surface area contributed by atoms with E-state index in [4.69, 9.17) is 27.9 Å². The van der Waals surface area contributed by atoms with Gasteiger partial charge in [-0.3, -0.25) is 4.79 Å². The Morgan fingerprint density at radius 1 is 0.806 bits per heavy atom. The summed E-state index contributed by atoms with van der Waals surface area (Å²) in [5.41, 5.74) is 0. The number of carbonyl (C=O) groups excluding carboxylic acids is 1. The van der Waals surface area contributed by atoms with Crippen LogP contribution in [0.2, 0.25) is 10.0 Å². The molecule has 1 rings (SSSR count). The molecule has 31 heavy (non-hydrogen) atoms. The fourth-order valence-corrected chi connectivity index (χ4v) is 4.11. The van der Waals surface area contributed by atoms with Gasteiger partial charge in [0.25, 0.3) is 0 Å². The predicted molar refractivity (Wildman–Crippen MR) is 135 cm³/mol. The van der Waals surface area contributed by atoms with Crippen LogP contribution in [0.15, 0.2) is 18.2 Å². The van der Waals surface area contributed by atoms with Gasteiger partial charge in [0.2, 0.25) is 5.91 Å². The lowest BCUT2D eigenvalue weighted by Crippen LogP contribution is -2.24. The van der Waals surface area contributed by atoms with E-state index >= 15 is 0 Å². The number of halogens is 2. The first-order chi connectivity index (χ1) is 15.1. The lowest BCUT2D eigenvalue weighted by atomic mass is 10.0. The molecule has 1 N–H and O–H groups in total. The maximum Gasteiger partial charge on any atom is 0.220 e. The zero-order valence-corrected chi connectivity index (χ0v) is 21.0. The zero-order valence-electron chi connectivity index (χ0n) is 19.5. The third-order valence-electron chi connectivity index (χ3n) is 5.55. The van der Waals surface area contributed by atoms with E-state index in [1.165, 1.54) is 83.5 Å². The Labute approximate surface area is 200 Å². The highest BCUT2D eigenvalue weighted by Crippen LogP contribution is 2.27. The highest BCUT2D eigenvalue weighted by molar-refractivity contribution is 6.35. The van der Waals surface area contributed by atoms with Crippen molar-refractivity contribution in [1.29, 1.82) is 0 Å². The van der Waals surface area contributed by atoms with Gasteiger partial charge in [0.15, 0.2) is 0 Å². The van der Waals surface area contributed by atoms with E-state index in [0.717, 1.165) is 13.0 Å². The number of nitrogens with one attached hydrogen (secondary N) is 1. The second kappa shape index (κ2) is 19.7. The van der Waals surface area contributed by atoms with E-state index in [-0.39, 0.29) is 5.91 Å². The average molecular weight is 473 g/mol. The van der Waals surface area contributed by atoms with Crippen molar-refractivity contribution < 1.29 is 9.53 Å². The number of benzene rings is 1. The molecule has 0 bridgehead atoms. The molecule has 0 atom stereocenters. The van der Waals surface area contributed by atoms with Crippen molar-refractivity contribution in [3.63, 3.8) is 0 Å². The lowest BCUT2D eigenvalue weighted by molar-refractivity contribution is -0.121. The molecule has 3 nitrogen and oxygen atoms in total. The van der Waals surface area contributed by atoms with Crippen molar-refractivity contribution in [2.75, 3.05) is 13.2 Å². The molecule has 0 saturated heterocycles. The molecule has 0 heterocycles. The average Bonchev–Trinajstić information content (AvgIpc) is 2.75. The lowest BCUT2D eigenvalue weighted by Gasteiger charge is -2.08. The topological polar surface area (TPSA) is 38.3 Å². The molecule has 0 aromatic heterocycles. The van der Waals surface area contributed by atoms with Crippen LogP contribution in [0.3, 0.4) is 0 Å². The normalized spacial score (nSPS) is 10.9. The molecule has 0 fully saturated rings. The van der Waals surface area contributed by atoms with Crippen LogP contribution < -0.4 is 10.1 Å². The van der Waals surface area contributed by atoms with E-state index in [2.05, 4.69) is 12.2 Å². The van der Waals surface area contributed by atoms with Gasteiger partial charge in [-0.25, -0.2) is 0 Å². The minimum atomic E-state index is 0.0977. The second-order valence-corrected chi connectivity index (χ2v) is 9.32. The first-order valence-corrected chi connectivity index (χ1v) is 13.2. The molecule has 0 aliphatic carbocycles. The summed E-state index contributed by atoms with van der Waals surface area (Å²) in [5.74, 6) is 0.703. The van der Waals surface area contributed by atoms with Crippen molar-refractivity contribution in [1.82, 2.24) is 5.32 Å². The van der Waals surface area contributed by atoms with Gasteiger partial charge in [-0.05, 0) is 31.0 Å². The predicted octanol–water partition coefficient (Wildman–Crippen LogP) is 8.75. The Balaban J connectivity index is 1.82. The van der Waals surface area contributed by atoms with Crippen LogP contribution in [0.1, 0.15) is 110 Å². The smallest absolute Gasteiger partial charge is 0.220 e. The van der Waals surface area contributed by atoms with Gasteiger partial charge < -0.3 is 10.1 Å². The molecule has 1 aromatic carbocycles. The molecule has 1 aromatic rings. The van der Waals surface area contributed by atoms with Gasteiger partial charge in [-0.2, -0.15) is 0 Å². The summed E-state index contributed by atoms with van der Waals surface area (Å²) in [6.45, 7) is 3.52. The van der Waals surface area contributed by atoms with E-state index in [1.54, 1.807) is 18.2 Å². The Morgan fingerprint density at radius 2 is 1.35 bits per heavy atom. The standard InChI is InChI=1S/C26H43Cl2NO2/c1-2-3-4-5-6-7-8-9-10-11-12-13-14-15-20-29-26(30)17-16-21-31-25-19-18-23(27)22-24(25)28/h18-19,22H,2-17,20-21H2,1H3,(H,29,30). The number of hydrogen-bond acceptors (Lipinski definition) is 2. The summed E-state index contributed by atoms with van der Waals surface area (Å²) in [6.07, 6.45) is 20.0. The minimum Gasteiger partial charge on any atom is -0.492 e. The van der Waals surface area contributed by atoms with Crippen molar-refractivity contribution >= 4 is 29.1 Å². The summed E-state index contributed by atoms with van der Waals surface area (Å²) in [7, 11) is 0. The highest BCUT2D eigenvalue weighted by atomic mass is 35.5. The third kappa shape index (κ3) is 16.4. The quantitative estimate of drug-likeness (QED) is 0.193. The van der Waals surface area contributed by atoms with Crippen LogP contribution in [0.4, 0.5) is 0 Å². The summed E-state index contributed by atoms with van der Waals surface area (Å²) < 4.78 is 5.60. The molecule has 0 aliphatic rings. The summed E-state index contributed by atoms with van der Waals surface area (Å²) in [4.78, 5) is 11.9. The molecular formula is C26H43Cl2NO2. The van der Waals surface area contributed by atoms with E-state index < -0.39 is 0 Å². The summed E-state index contributed by atoms with van der Waals surface area (Å²) in [5, 5.41) is 4.08. The number of unbranched alkanes of at least 4 members (excludes halogenated alkanes) is 13. The van der Waals surface area contributed by atoms with Crippen molar-refractivity contribution in [2.24, 2.45) is 0 Å². The minimum absolute atomic E-state index is 0.0977. The fourth-order valence-electron chi connectivity index (χ4n) is 3.64. The van der Waals surface area contributed by atoms with Crippen LogP contribution in [-0.2, 0) is 4.79 Å². The number of rotatable bonds is 20. The monoisotopic (exact) mass is 471 g/mol. The largest absolute Gasteiger partial charge is 0.492 e. The van der Waals surface area contributed by atoms with Gasteiger partial charge in [0.05, 0.1) is 11.6 Å². The van der Waals surface area contributed by atoms with Crippen molar-refractivity contribution in [2.45, 2.75) is 110 Å². The van der Waals surface area contributed by atoms with Crippen LogP contribution in [0.25, 0.3) is 0 Å². The molecule has 0 saturated carbocycles. The number of amides is 1. The second-order valence-electron chi connectivity index (χ2n) is 8.47. The Hall–Kier alpha value is -0.930. The molecular weight excluding hydrogens is 429 g/mol. The van der Waals surface area contributed by atoms with Crippen LogP contribution in [0, 0.1) is 0 Å². The van der Waals surface area contributed by atoms with Gasteiger partial charge >= 0.3 is 0 Å². The molecule has 0 spiro atoms. The first kappa shape index (κ1) is 28.1. The Morgan fingerprint density at radius 3 is 1.90 bits per heavy atom. The molecule has 0 radical (unpaired) electrons. The summed E-state index contributed by atoms with van der Waals surface area (Å²) in [6, 6.07) is 5.15. The highest BCUT2D eigenvalue weighted by Gasteiger charge is 2.04. The van der Waals surface area contributed by atoms with Crippen LogP contribution in [0.5, 0.6) is 5.75 Å². The van der Waals surface area contributed by atoms with E-state index in [1.807, 2.05) is 0 Å². The SMILES string of the molecule is CCCCCCCCCCCCCCCCNC(=O)CCCOc1ccc(Cl)cc1Cl. The van der Waals surface area contributed by atoms with Gasteiger partial charge in [0.1, 0.15) is 5.75 Å². The van der Waals surface area contributed by atoms with E-state index in [9.17, 15) is 4.79 Å². The molecule has 0 unspecified atom stereocenters. The van der Waals surface area contributed by atoms with Gasteiger partial charge in [-0.1, -0.05) is 114 Å². The molecule has 178 valence electrons. The maximum atomic E-state index is 11.9. The molecule has 0 aliphatic heterocycles. The fraction of sp³-hybridized carbons (Fsp3) is 0.731. The molecule has 1 amide bonds.